The number of aromatic nitrogens is 4. The molecule has 0 aliphatic carbocycles. The first-order valence-electron chi connectivity index (χ1n) is 13.0. The van der Waals surface area contributed by atoms with Crippen LogP contribution in [-0.4, -0.2) is 56.7 Å². The first-order valence-corrected chi connectivity index (χ1v) is 13.0. The third kappa shape index (κ3) is 4.20. The van der Waals surface area contributed by atoms with E-state index in [1.165, 1.54) is 0 Å². The third-order valence-corrected chi connectivity index (χ3v) is 7.09. The molecule has 0 bridgehead atoms. The van der Waals surface area contributed by atoms with Crippen LogP contribution in [0.1, 0.15) is 35.2 Å². The number of carbonyl (C=O) groups excluding carboxylic acids is 1. The summed E-state index contributed by atoms with van der Waals surface area (Å²) < 4.78 is 1.93. The van der Waals surface area contributed by atoms with Crippen LogP contribution in [0.4, 0.5) is 5.82 Å². The molecular weight excluding hydrogens is 460 g/mol. The van der Waals surface area contributed by atoms with E-state index in [1.54, 1.807) is 0 Å². The maximum Gasteiger partial charge on any atom is 0.254 e. The van der Waals surface area contributed by atoms with E-state index in [9.17, 15) is 4.79 Å². The predicted molar refractivity (Wildman–Crippen MR) is 147 cm³/mol. The lowest BCUT2D eigenvalue weighted by molar-refractivity contribution is 0.0748. The zero-order valence-corrected chi connectivity index (χ0v) is 21.3. The van der Waals surface area contributed by atoms with Crippen LogP contribution in [0.15, 0.2) is 72.8 Å². The maximum absolute atomic E-state index is 13.5. The Morgan fingerprint density at radius 3 is 2.38 bits per heavy atom. The fraction of sp³-hybridized carbons (Fsp3) is 0.267. The molecule has 1 aliphatic heterocycles. The molecule has 0 radical (unpaired) electrons. The van der Waals surface area contributed by atoms with Crippen LogP contribution < -0.4 is 4.90 Å². The minimum absolute atomic E-state index is 0.0871. The normalized spacial score (nSPS) is 14.0. The van der Waals surface area contributed by atoms with Crippen molar-refractivity contribution in [3.8, 4) is 5.69 Å². The number of hydrogen-bond donors (Lipinski definition) is 0. The number of carbonyl (C=O) groups is 1. The number of nitrogens with zero attached hydrogens (tertiary/aromatic N) is 6. The fourth-order valence-corrected chi connectivity index (χ4v) is 5.22. The fourth-order valence-electron chi connectivity index (χ4n) is 5.22. The largest absolute Gasteiger partial charge is 0.352 e. The highest BCUT2D eigenvalue weighted by molar-refractivity contribution is 6.07. The highest BCUT2D eigenvalue weighted by Crippen LogP contribution is 2.30. The number of amides is 1. The molecule has 7 nitrogen and oxygen atoms in total. The van der Waals surface area contributed by atoms with Gasteiger partial charge >= 0.3 is 0 Å². The summed E-state index contributed by atoms with van der Waals surface area (Å²) in [6.07, 6.45) is 1.78. The molecule has 1 aliphatic rings. The van der Waals surface area contributed by atoms with E-state index in [1.807, 2.05) is 77.2 Å². The molecule has 5 aromatic rings. The molecule has 0 saturated carbocycles. The van der Waals surface area contributed by atoms with Gasteiger partial charge < -0.3 is 9.80 Å². The molecule has 37 heavy (non-hydrogen) atoms. The highest BCUT2D eigenvalue weighted by Gasteiger charge is 2.27. The van der Waals surface area contributed by atoms with E-state index >= 15 is 0 Å². The van der Waals surface area contributed by atoms with Crippen molar-refractivity contribution in [3.63, 3.8) is 0 Å². The summed E-state index contributed by atoms with van der Waals surface area (Å²) >= 11 is 0. The quantitative estimate of drug-likeness (QED) is 0.339. The van der Waals surface area contributed by atoms with Gasteiger partial charge in [-0.2, -0.15) is 5.10 Å². The summed E-state index contributed by atoms with van der Waals surface area (Å²) in [7, 11) is 0. The first-order chi connectivity index (χ1) is 18.1. The van der Waals surface area contributed by atoms with Gasteiger partial charge in [-0.3, -0.25) is 4.79 Å². The molecule has 1 saturated heterocycles. The van der Waals surface area contributed by atoms with Gasteiger partial charge in [-0.15, -0.1) is 0 Å². The molecule has 1 fully saturated rings. The van der Waals surface area contributed by atoms with Crippen molar-refractivity contribution in [2.24, 2.45) is 0 Å². The van der Waals surface area contributed by atoms with E-state index in [2.05, 4.69) is 24.0 Å². The van der Waals surface area contributed by atoms with Crippen molar-refractivity contribution in [3.05, 3.63) is 89.9 Å². The van der Waals surface area contributed by atoms with Gasteiger partial charge in [-0.25, -0.2) is 14.6 Å². The average molecular weight is 491 g/mol. The van der Waals surface area contributed by atoms with Crippen molar-refractivity contribution in [1.29, 1.82) is 0 Å². The van der Waals surface area contributed by atoms with Gasteiger partial charge in [0.15, 0.2) is 5.65 Å². The Morgan fingerprint density at radius 2 is 1.59 bits per heavy atom. The van der Waals surface area contributed by atoms with Crippen LogP contribution in [0.3, 0.4) is 0 Å². The predicted octanol–water partition coefficient (Wildman–Crippen LogP) is 5.19. The third-order valence-electron chi connectivity index (χ3n) is 7.09. The summed E-state index contributed by atoms with van der Waals surface area (Å²) in [5.41, 5.74) is 3.50. The van der Waals surface area contributed by atoms with Gasteiger partial charge in [0.2, 0.25) is 0 Å². The van der Waals surface area contributed by atoms with E-state index in [4.69, 9.17) is 15.1 Å². The van der Waals surface area contributed by atoms with Crippen LogP contribution in [-0.2, 0) is 6.42 Å². The minimum Gasteiger partial charge on any atom is -0.352 e. The molecule has 6 rings (SSSR count). The van der Waals surface area contributed by atoms with Crippen molar-refractivity contribution >= 4 is 33.5 Å². The number of anilines is 1. The standard InChI is InChI=1S/C30H30N6O/c1-3-10-26-31-28(27-21(2)33-36(29(27)32-26)23-13-5-4-6-14-23)34-17-19-35(20-18-34)30(37)25-16-9-12-22-11-7-8-15-24(22)25/h4-9,11-16H,3,10,17-20H2,1-2H3. The molecule has 0 unspecified atom stereocenters. The number of aryl methyl sites for hydroxylation is 2. The number of benzene rings is 3. The second-order valence-electron chi connectivity index (χ2n) is 9.55. The number of piperazine rings is 1. The van der Waals surface area contributed by atoms with Crippen molar-refractivity contribution in [1.82, 2.24) is 24.6 Å². The Labute approximate surface area is 216 Å². The molecule has 0 N–H and O–H groups in total. The molecule has 3 aromatic carbocycles. The SMILES string of the molecule is CCCc1nc(N2CCN(C(=O)c3cccc4ccccc34)CC2)c2c(C)nn(-c3ccccc3)c2n1. The van der Waals surface area contributed by atoms with Crippen LogP contribution in [0, 0.1) is 6.92 Å². The zero-order chi connectivity index (χ0) is 25.4. The molecule has 1 amide bonds. The number of rotatable bonds is 5. The second kappa shape index (κ2) is 9.65. The molecule has 3 heterocycles. The smallest absolute Gasteiger partial charge is 0.254 e. The Balaban J connectivity index is 1.32. The lowest BCUT2D eigenvalue weighted by atomic mass is 10.0. The molecule has 0 atom stereocenters. The van der Waals surface area contributed by atoms with E-state index in [0.717, 1.165) is 63.2 Å². The monoisotopic (exact) mass is 490 g/mol. The number of para-hydroxylation sites is 1. The summed E-state index contributed by atoms with van der Waals surface area (Å²) in [4.78, 5) is 27.7. The van der Waals surface area contributed by atoms with Gasteiger partial charge in [0.05, 0.1) is 16.8 Å². The maximum atomic E-state index is 13.5. The summed E-state index contributed by atoms with van der Waals surface area (Å²) in [5, 5.41) is 7.93. The Hall–Kier alpha value is -4.26. The van der Waals surface area contributed by atoms with Crippen molar-refractivity contribution < 1.29 is 4.79 Å². The molecule has 186 valence electrons. The Kier molecular flexibility index (Phi) is 6.04. The van der Waals surface area contributed by atoms with Crippen LogP contribution >= 0.6 is 0 Å². The molecule has 2 aromatic heterocycles. The molecule has 0 spiro atoms. The van der Waals surface area contributed by atoms with Crippen molar-refractivity contribution in [2.75, 3.05) is 31.1 Å². The van der Waals surface area contributed by atoms with Gasteiger partial charge in [-0.05, 0) is 42.3 Å². The van der Waals surface area contributed by atoms with E-state index < -0.39 is 0 Å². The first kappa shape index (κ1) is 23.2. The van der Waals surface area contributed by atoms with Crippen LogP contribution in [0.25, 0.3) is 27.5 Å². The second-order valence-corrected chi connectivity index (χ2v) is 9.55. The Bertz CT molecular complexity index is 1580. The van der Waals surface area contributed by atoms with Crippen LogP contribution in [0.5, 0.6) is 0 Å². The minimum atomic E-state index is 0.0871. The molecular formula is C30H30N6O. The summed E-state index contributed by atoms with van der Waals surface area (Å²) in [5.74, 6) is 1.84. The van der Waals surface area contributed by atoms with Gasteiger partial charge in [0, 0.05) is 38.2 Å². The van der Waals surface area contributed by atoms with Gasteiger partial charge in [-0.1, -0.05) is 61.5 Å². The average Bonchev–Trinajstić information content (AvgIpc) is 3.29. The van der Waals surface area contributed by atoms with Crippen LogP contribution in [0.2, 0.25) is 0 Å². The highest BCUT2D eigenvalue weighted by atomic mass is 16.2. The zero-order valence-electron chi connectivity index (χ0n) is 21.3. The summed E-state index contributed by atoms with van der Waals surface area (Å²) in [6.45, 7) is 6.87. The van der Waals surface area contributed by atoms with Gasteiger partial charge in [0.25, 0.3) is 5.91 Å². The van der Waals surface area contributed by atoms with Crippen molar-refractivity contribution in [2.45, 2.75) is 26.7 Å². The lowest BCUT2D eigenvalue weighted by Gasteiger charge is -2.36. The molecule has 7 heteroatoms. The van der Waals surface area contributed by atoms with E-state index in [-0.39, 0.29) is 5.91 Å². The summed E-state index contributed by atoms with van der Waals surface area (Å²) in [6, 6.07) is 24.1. The van der Waals surface area contributed by atoms with E-state index in [0.29, 0.717) is 26.2 Å². The number of hydrogen-bond acceptors (Lipinski definition) is 5. The lowest BCUT2D eigenvalue weighted by Crippen LogP contribution is -2.49. The topological polar surface area (TPSA) is 67.2 Å². The van der Waals surface area contributed by atoms with Gasteiger partial charge in [0.1, 0.15) is 11.6 Å². The Morgan fingerprint density at radius 1 is 0.865 bits per heavy atom. The number of fused-ring (bicyclic) bond motifs is 2.